The van der Waals surface area contributed by atoms with E-state index in [4.69, 9.17) is 9.47 Å². The molecule has 1 aliphatic rings. The SMILES string of the molecule is CN=C(NCCS(=O)(=O)NCc1ccccc1)NCc1ccc2c(c1)OCO2.I. The number of nitrogens with zero attached hydrogens (tertiary/aromatic N) is 1. The van der Waals surface area contributed by atoms with Gasteiger partial charge in [-0.05, 0) is 23.3 Å². The van der Waals surface area contributed by atoms with E-state index in [1.54, 1.807) is 7.05 Å². The Hall–Kier alpha value is -2.05. The first-order valence-electron chi connectivity index (χ1n) is 8.90. The van der Waals surface area contributed by atoms with Crippen LogP contribution < -0.4 is 24.8 Å². The predicted octanol–water partition coefficient (Wildman–Crippen LogP) is 1.82. The van der Waals surface area contributed by atoms with Crippen molar-refractivity contribution in [3.05, 3.63) is 59.7 Å². The molecule has 0 bridgehead atoms. The lowest BCUT2D eigenvalue weighted by Crippen LogP contribution is -2.40. The Balaban J connectivity index is 0.00000300. The number of ether oxygens (including phenoxy) is 2. The summed E-state index contributed by atoms with van der Waals surface area (Å²) in [5, 5.41) is 6.16. The summed E-state index contributed by atoms with van der Waals surface area (Å²) in [4.78, 5) is 4.11. The van der Waals surface area contributed by atoms with Crippen molar-refractivity contribution in [1.29, 1.82) is 0 Å². The molecule has 0 amide bonds. The summed E-state index contributed by atoms with van der Waals surface area (Å²) in [6.07, 6.45) is 0. The monoisotopic (exact) mass is 532 g/mol. The number of hydrogen-bond acceptors (Lipinski definition) is 5. The Kier molecular flexibility index (Phi) is 8.99. The summed E-state index contributed by atoms with van der Waals surface area (Å²) >= 11 is 0. The lowest BCUT2D eigenvalue weighted by Gasteiger charge is -2.13. The second-order valence-electron chi connectivity index (χ2n) is 6.17. The first-order valence-corrected chi connectivity index (χ1v) is 10.6. The van der Waals surface area contributed by atoms with Crippen LogP contribution in [0.25, 0.3) is 0 Å². The Labute approximate surface area is 188 Å². The van der Waals surface area contributed by atoms with E-state index in [1.165, 1.54) is 0 Å². The summed E-state index contributed by atoms with van der Waals surface area (Å²) in [5.41, 5.74) is 1.92. The molecule has 2 aromatic carbocycles. The molecule has 8 nitrogen and oxygen atoms in total. The first kappa shape index (κ1) is 23.2. The molecule has 3 rings (SSSR count). The highest BCUT2D eigenvalue weighted by Gasteiger charge is 2.13. The Morgan fingerprint density at radius 2 is 1.76 bits per heavy atom. The van der Waals surface area contributed by atoms with Crippen LogP contribution in [0.5, 0.6) is 11.5 Å². The van der Waals surface area contributed by atoms with Crippen molar-refractivity contribution in [2.24, 2.45) is 4.99 Å². The smallest absolute Gasteiger partial charge is 0.231 e. The number of nitrogens with one attached hydrogen (secondary N) is 3. The topological polar surface area (TPSA) is 101 Å². The average Bonchev–Trinajstić information content (AvgIpc) is 3.18. The van der Waals surface area contributed by atoms with Gasteiger partial charge in [0.15, 0.2) is 17.5 Å². The molecule has 0 aliphatic carbocycles. The molecule has 1 aliphatic heterocycles. The zero-order chi connectivity index (χ0) is 19.8. The van der Waals surface area contributed by atoms with Gasteiger partial charge >= 0.3 is 0 Å². The third kappa shape index (κ3) is 7.37. The van der Waals surface area contributed by atoms with Crippen LogP contribution in [0, 0.1) is 0 Å². The molecular formula is C19H25IN4O4S. The van der Waals surface area contributed by atoms with Gasteiger partial charge in [0.25, 0.3) is 0 Å². The van der Waals surface area contributed by atoms with E-state index in [1.807, 2.05) is 48.5 Å². The highest BCUT2D eigenvalue weighted by molar-refractivity contribution is 14.0. The number of benzene rings is 2. The molecule has 0 unspecified atom stereocenters. The van der Waals surface area contributed by atoms with Gasteiger partial charge in [0.1, 0.15) is 0 Å². The van der Waals surface area contributed by atoms with Gasteiger partial charge in [-0.25, -0.2) is 13.1 Å². The van der Waals surface area contributed by atoms with Crippen molar-refractivity contribution in [1.82, 2.24) is 15.4 Å². The lowest BCUT2D eigenvalue weighted by molar-refractivity contribution is 0.174. The highest BCUT2D eigenvalue weighted by Crippen LogP contribution is 2.32. The van der Waals surface area contributed by atoms with Crippen LogP contribution in [0.15, 0.2) is 53.5 Å². The number of guanidine groups is 1. The molecule has 0 spiro atoms. The maximum atomic E-state index is 12.1. The van der Waals surface area contributed by atoms with Gasteiger partial charge in [-0.15, -0.1) is 24.0 Å². The number of sulfonamides is 1. The van der Waals surface area contributed by atoms with Crippen molar-refractivity contribution in [2.45, 2.75) is 13.1 Å². The average molecular weight is 532 g/mol. The van der Waals surface area contributed by atoms with E-state index >= 15 is 0 Å². The van der Waals surface area contributed by atoms with Gasteiger partial charge in [-0.1, -0.05) is 36.4 Å². The fraction of sp³-hybridized carbons (Fsp3) is 0.316. The molecule has 0 aromatic heterocycles. The second kappa shape index (κ2) is 11.2. The predicted molar refractivity (Wildman–Crippen MR) is 123 cm³/mol. The fourth-order valence-electron chi connectivity index (χ4n) is 2.62. The van der Waals surface area contributed by atoms with Crippen molar-refractivity contribution in [3.8, 4) is 11.5 Å². The lowest BCUT2D eigenvalue weighted by atomic mass is 10.2. The van der Waals surface area contributed by atoms with Crippen LogP contribution in [0.3, 0.4) is 0 Å². The molecule has 0 fully saturated rings. The van der Waals surface area contributed by atoms with Gasteiger partial charge in [0, 0.05) is 26.7 Å². The summed E-state index contributed by atoms with van der Waals surface area (Å²) in [6.45, 7) is 1.28. The van der Waals surface area contributed by atoms with Crippen LogP contribution in [0.4, 0.5) is 0 Å². The summed E-state index contributed by atoms with van der Waals surface area (Å²) < 4.78 is 37.5. The van der Waals surface area contributed by atoms with Crippen molar-refractivity contribution >= 4 is 40.0 Å². The summed E-state index contributed by atoms with van der Waals surface area (Å²) in [7, 11) is -1.75. The largest absolute Gasteiger partial charge is 0.454 e. The van der Waals surface area contributed by atoms with Crippen molar-refractivity contribution in [2.75, 3.05) is 26.1 Å². The number of fused-ring (bicyclic) bond motifs is 1. The van der Waals surface area contributed by atoms with Crippen LogP contribution in [0.2, 0.25) is 0 Å². The maximum Gasteiger partial charge on any atom is 0.231 e. The molecule has 0 saturated carbocycles. The molecule has 1 heterocycles. The van der Waals surface area contributed by atoms with Gasteiger partial charge in [0.05, 0.1) is 5.75 Å². The minimum absolute atomic E-state index is 0. The number of hydrogen-bond donors (Lipinski definition) is 3. The van der Waals surface area contributed by atoms with Crippen LogP contribution in [-0.4, -0.2) is 40.5 Å². The number of halogens is 1. The molecule has 10 heteroatoms. The maximum absolute atomic E-state index is 12.1. The van der Waals surface area contributed by atoms with Crippen molar-refractivity contribution < 1.29 is 17.9 Å². The number of aliphatic imine (C=N–C) groups is 1. The van der Waals surface area contributed by atoms with Gasteiger partial charge in [0.2, 0.25) is 16.8 Å². The van der Waals surface area contributed by atoms with E-state index in [0.717, 1.165) is 22.6 Å². The van der Waals surface area contributed by atoms with E-state index in [0.29, 0.717) is 12.5 Å². The summed E-state index contributed by atoms with van der Waals surface area (Å²) in [6, 6.07) is 15.1. The van der Waals surface area contributed by atoms with Crippen LogP contribution in [0.1, 0.15) is 11.1 Å². The van der Waals surface area contributed by atoms with Crippen molar-refractivity contribution in [3.63, 3.8) is 0 Å². The first-order chi connectivity index (χ1) is 13.6. The zero-order valence-electron chi connectivity index (χ0n) is 16.1. The minimum Gasteiger partial charge on any atom is -0.454 e. The fourth-order valence-corrected chi connectivity index (χ4v) is 3.52. The van der Waals surface area contributed by atoms with Gasteiger partial charge in [-0.3, -0.25) is 4.99 Å². The third-order valence-electron chi connectivity index (χ3n) is 4.12. The Morgan fingerprint density at radius 3 is 2.52 bits per heavy atom. The molecule has 0 radical (unpaired) electrons. The second-order valence-corrected chi connectivity index (χ2v) is 8.09. The normalized spacial score (nSPS) is 12.9. The minimum atomic E-state index is -3.38. The van der Waals surface area contributed by atoms with Gasteiger partial charge < -0.3 is 20.1 Å². The molecule has 2 aromatic rings. The van der Waals surface area contributed by atoms with E-state index in [-0.39, 0.29) is 49.6 Å². The highest BCUT2D eigenvalue weighted by atomic mass is 127. The molecular weight excluding hydrogens is 507 g/mol. The van der Waals surface area contributed by atoms with Gasteiger partial charge in [-0.2, -0.15) is 0 Å². The Bertz CT molecular complexity index is 923. The number of rotatable bonds is 8. The molecule has 3 N–H and O–H groups in total. The van der Waals surface area contributed by atoms with E-state index in [2.05, 4.69) is 20.3 Å². The quantitative estimate of drug-likeness (QED) is 0.273. The molecule has 0 atom stereocenters. The molecule has 158 valence electrons. The Morgan fingerprint density at radius 1 is 1.00 bits per heavy atom. The third-order valence-corrected chi connectivity index (χ3v) is 5.45. The zero-order valence-corrected chi connectivity index (χ0v) is 19.2. The van der Waals surface area contributed by atoms with Crippen LogP contribution >= 0.6 is 24.0 Å². The van der Waals surface area contributed by atoms with E-state index < -0.39 is 10.0 Å². The summed E-state index contributed by atoms with van der Waals surface area (Å²) in [5.74, 6) is 1.93. The molecule has 29 heavy (non-hydrogen) atoms. The van der Waals surface area contributed by atoms with Crippen LogP contribution in [-0.2, 0) is 23.1 Å². The van der Waals surface area contributed by atoms with E-state index in [9.17, 15) is 8.42 Å². The standard InChI is InChI=1S/C19H24N4O4S.HI/c1-20-19(22-12-16-7-8-17-18(11-16)27-14-26-17)21-9-10-28(24,25)23-13-15-5-3-2-4-6-15;/h2-8,11,23H,9-10,12-14H2,1H3,(H2,20,21,22);1H. The molecule has 0 saturated heterocycles.